The second kappa shape index (κ2) is 8.64. The number of carbonyl (C=O) groups is 1. The summed E-state index contributed by atoms with van der Waals surface area (Å²) in [5, 5.41) is 5.21. The Balaban J connectivity index is 1.54. The van der Waals surface area contributed by atoms with Gasteiger partial charge in [-0.05, 0) is 30.5 Å². The van der Waals surface area contributed by atoms with Crippen molar-refractivity contribution < 1.29 is 22.7 Å². The first-order valence-corrected chi connectivity index (χ1v) is 8.54. The van der Waals surface area contributed by atoms with E-state index in [1.807, 2.05) is 0 Å². The molecule has 146 valence electrons. The van der Waals surface area contributed by atoms with Crippen LogP contribution in [0.15, 0.2) is 47.8 Å². The number of benzene rings is 1. The quantitative estimate of drug-likeness (QED) is 0.536. The second-order valence-electron chi connectivity index (χ2n) is 6.14. The van der Waals surface area contributed by atoms with Crippen LogP contribution in [0.1, 0.15) is 30.9 Å². The van der Waals surface area contributed by atoms with Crippen LogP contribution in [-0.2, 0) is 4.79 Å². The molecule has 3 rings (SSSR count). The lowest BCUT2D eigenvalue weighted by Crippen LogP contribution is -2.28. The van der Waals surface area contributed by atoms with E-state index < -0.39 is 29.4 Å². The lowest BCUT2D eigenvalue weighted by atomic mass is 10.0. The number of amides is 1. The third kappa shape index (κ3) is 4.73. The Bertz CT molecular complexity index is 882. The molecule has 0 fully saturated rings. The molecule has 0 radical (unpaired) electrons. The lowest BCUT2D eigenvalue weighted by molar-refractivity contribution is -0.129. The average Bonchev–Trinajstić information content (AvgIpc) is 3.15. The summed E-state index contributed by atoms with van der Waals surface area (Å²) in [4.78, 5) is 19.9. The molecule has 6 nitrogen and oxygen atoms in total. The molecular formula is C19H17F3N4O2. The summed E-state index contributed by atoms with van der Waals surface area (Å²) < 4.78 is 45.0. The normalized spacial score (nSPS) is 15.7. The molecule has 1 aromatic carbocycles. The fourth-order valence-electron chi connectivity index (χ4n) is 2.75. The third-order valence-electron chi connectivity index (χ3n) is 4.06. The number of aromatic nitrogens is 2. The van der Waals surface area contributed by atoms with Crippen LogP contribution in [0.3, 0.4) is 0 Å². The number of halogens is 3. The SMILES string of the molecule is C=C(CCCOc1ncc(F)cn1)C(=O)N1N=CCC1c1cc(F)cc(F)c1. The van der Waals surface area contributed by atoms with Crippen molar-refractivity contribution in [3.05, 3.63) is 65.8 Å². The van der Waals surface area contributed by atoms with Crippen LogP contribution in [0.25, 0.3) is 0 Å². The van der Waals surface area contributed by atoms with Gasteiger partial charge in [0.2, 0.25) is 0 Å². The van der Waals surface area contributed by atoms with E-state index in [1.54, 1.807) is 0 Å². The third-order valence-corrected chi connectivity index (χ3v) is 4.06. The molecule has 0 aliphatic carbocycles. The van der Waals surface area contributed by atoms with E-state index in [9.17, 15) is 18.0 Å². The van der Waals surface area contributed by atoms with Crippen LogP contribution in [0.5, 0.6) is 6.01 Å². The minimum atomic E-state index is -0.715. The summed E-state index contributed by atoms with van der Waals surface area (Å²) in [7, 11) is 0. The second-order valence-corrected chi connectivity index (χ2v) is 6.14. The summed E-state index contributed by atoms with van der Waals surface area (Å²) in [5.41, 5.74) is 0.609. The molecule has 0 saturated carbocycles. The van der Waals surface area contributed by atoms with Gasteiger partial charge in [0, 0.05) is 24.3 Å². The number of rotatable bonds is 7. The molecule has 2 heterocycles. The van der Waals surface area contributed by atoms with E-state index >= 15 is 0 Å². The summed E-state index contributed by atoms with van der Waals surface area (Å²) in [5.74, 6) is -2.42. The highest BCUT2D eigenvalue weighted by atomic mass is 19.1. The summed E-state index contributed by atoms with van der Waals surface area (Å²) in [6.07, 6.45) is 4.62. The average molecular weight is 390 g/mol. The van der Waals surface area contributed by atoms with E-state index in [0.717, 1.165) is 18.5 Å². The Hall–Kier alpha value is -3.23. The van der Waals surface area contributed by atoms with E-state index in [2.05, 4.69) is 21.6 Å². The zero-order valence-corrected chi connectivity index (χ0v) is 14.8. The number of hydrogen-bond acceptors (Lipinski definition) is 5. The molecule has 0 bridgehead atoms. The van der Waals surface area contributed by atoms with E-state index in [0.29, 0.717) is 24.8 Å². The Morgan fingerprint density at radius 2 is 1.82 bits per heavy atom. The predicted octanol–water partition coefficient (Wildman–Crippen LogP) is 3.57. The maximum absolute atomic E-state index is 13.5. The predicted molar refractivity (Wildman–Crippen MR) is 94.9 cm³/mol. The van der Waals surface area contributed by atoms with Crippen LogP contribution in [-0.4, -0.2) is 33.7 Å². The van der Waals surface area contributed by atoms with Gasteiger partial charge in [0.05, 0.1) is 25.0 Å². The van der Waals surface area contributed by atoms with Gasteiger partial charge >= 0.3 is 6.01 Å². The van der Waals surface area contributed by atoms with E-state index in [1.165, 1.54) is 23.4 Å². The zero-order valence-electron chi connectivity index (χ0n) is 14.8. The highest BCUT2D eigenvalue weighted by Crippen LogP contribution is 2.30. The van der Waals surface area contributed by atoms with Crippen molar-refractivity contribution >= 4 is 12.1 Å². The number of hydrogen-bond donors (Lipinski definition) is 0. The number of hydrazone groups is 1. The molecule has 1 aromatic heterocycles. The largest absolute Gasteiger partial charge is 0.463 e. The Morgan fingerprint density at radius 1 is 1.14 bits per heavy atom. The van der Waals surface area contributed by atoms with Crippen molar-refractivity contribution in [2.45, 2.75) is 25.3 Å². The van der Waals surface area contributed by atoms with Gasteiger partial charge < -0.3 is 4.74 Å². The van der Waals surface area contributed by atoms with Crippen molar-refractivity contribution in [2.24, 2.45) is 5.10 Å². The van der Waals surface area contributed by atoms with Crippen molar-refractivity contribution in [3.8, 4) is 6.01 Å². The van der Waals surface area contributed by atoms with Gasteiger partial charge in [-0.25, -0.2) is 28.1 Å². The van der Waals surface area contributed by atoms with E-state index in [4.69, 9.17) is 4.74 Å². The summed E-state index contributed by atoms with van der Waals surface area (Å²) in [6, 6.07) is 2.59. The van der Waals surface area contributed by atoms with Gasteiger partial charge in [-0.15, -0.1) is 0 Å². The van der Waals surface area contributed by atoms with Crippen molar-refractivity contribution in [1.82, 2.24) is 15.0 Å². The molecule has 0 spiro atoms. The maximum atomic E-state index is 13.5. The molecule has 9 heteroatoms. The first-order valence-electron chi connectivity index (χ1n) is 8.54. The monoisotopic (exact) mass is 390 g/mol. The Labute approximate surface area is 159 Å². The van der Waals surface area contributed by atoms with E-state index in [-0.39, 0.29) is 18.2 Å². The van der Waals surface area contributed by atoms with Gasteiger partial charge in [-0.3, -0.25) is 4.79 Å². The Morgan fingerprint density at radius 3 is 2.50 bits per heavy atom. The molecule has 1 atom stereocenters. The maximum Gasteiger partial charge on any atom is 0.316 e. The summed E-state index contributed by atoms with van der Waals surface area (Å²) in [6.45, 7) is 3.98. The van der Waals surface area contributed by atoms with Crippen LogP contribution in [0.2, 0.25) is 0 Å². The summed E-state index contributed by atoms with van der Waals surface area (Å²) >= 11 is 0. The highest BCUT2D eigenvalue weighted by molar-refractivity contribution is 5.94. The molecule has 2 aromatic rings. The molecule has 0 saturated heterocycles. The highest BCUT2D eigenvalue weighted by Gasteiger charge is 2.30. The fraction of sp³-hybridized carbons (Fsp3) is 0.263. The number of nitrogens with zero attached hydrogens (tertiary/aromatic N) is 4. The topological polar surface area (TPSA) is 67.7 Å². The molecular weight excluding hydrogens is 373 g/mol. The fourth-order valence-corrected chi connectivity index (χ4v) is 2.75. The molecule has 28 heavy (non-hydrogen) atoms. The van der Waals surface area contributed by atoms with Crippen LogP contribution in [0.4, 0.5) is 13.2 Å². The first kappa shape index (κ1) is 19.5. The van der Waals surface area contributed by atoms with Crippen LogP contribution in [0, 0.1) is 17.5 Å². The van der Waals surface area contributed by atoms with Gasteiger partial charge in [-0.1, -0.05) is 6.58 Å². The molecule has 1 unspecified atom stereocenters. The Kier molecular flexibility index (Phi) is 6.03. The number of ether oxygens (including phenoxy) is 1. The molecule has 1 amide bonds. The van der Waals surface area contributed by atoms with Gasteiger partial charge in [0.15, 0.2) is 5.82 Å². The first-order chi connectivity index (χ1) is 13.4. The molecule has 1 aliphatic rings. The lowest BCUT2D eigenvalue weighted by Gasteiger charge is -2.23. The van der Waals surface area contributed by atoms with Crippen LogP contribution >= 0.6 is 0 Å². The zero-order chi connectivity index (χ0) is 20.1. The molecule has 1 aliphatic heterocycles. The molecule has 0 N–H and O–H groups in total. The van der Waals surface area contributed by atoms with Gasteiger partial charge in [0.25, 0.3) is 5.91 Å². The van der Waals surface area contributed by atoms with Gasteiger partial charge in [-0.2, -0.15) is 5.10 Å². The minimum Gasteiger partial charge on any atom is -0.463 e. The van der Waals surface area contributed by atoms with Crippen molar-refractivity contribution in [3.63, 3.8) is 0 Å². The minimum absolute atomic E-state index is 0.0377. The van der Waals surface area contributed by atoms with Gasteiger partial charge in [0.1, 0.15) is 11.6 Å². The smallest absolute Gasteiger partial charge is 0.316 e. The number of carbonyl (C=O) groups excluding carboxylic acids is 1. The van der Waals surface area contributed by atoms with Crippen molar-refractivity contribution in [2.75, 3.05) is 6.61 Å². The standard InChI is InChI=1S/C19H17F3N4O2/c1-12(3-2-6-28-19-23-10-16(22)11-24-19)18(27)26-17(4-5-25-26)13-7-14(20)9-15(21)8-13/h5,7-11,17H,1-4,6H2. The van der Waals surface area contributed by atoms with Crippen molar-refractivity contribution in [1.29, 1.82) is 0 Å². The van der Waals surface area contributed by atoms with Crippen LogP contribution < -0.4 is 4.74 Å².